The van der Waals surface area contributed by atoms with Crippen molar-refractivity contribution in [2.75, 3.05) is 5.88 Å². The van der Waals surface area contributed by atoms with Crippen LogP contribution in [0.2, 0.25) is 0 Å². The van der Waals surface area contributed by atoms with E-state index in [1.54, 1.807) is 0 Å². The molecule has 6 nitrogen and oxygen atoms in total. The number of H-pyrrole nitrogens is 2. The largest absolute Gasteiger partial charge is 0.389 e. The van der Waals surface area contributed by atoms with Crippen LogP contribution in [0.25, 0.3) is 10.9 Å². The molecule has 0 aliphatic rings. The Morgan fingerprint density at radius 3 is 2.61 bits per heavy atom. The molecule has 2 unspecified atom stereocenters. The van der Waals surface area contributed by atoms with E-state index >= 15 is 0 Å². The smallest absolute Gasteiger partial charge is 0.326 e. The molecule has 0 saturated carbocycles. The van der Waals surface area contributed by atoms with Gasteiger partial charge in [-0.3, -0.25) is 9.78 Å². The van der Waals surface area contributed by atoms with Crippen LogP contribution >= 0.6 is 11.6 Å². The molecule has 0 bridgehead atoms. The van der Waals surface area contributed by atoms with Gasteiger partial charge in [0.1, 0.15) is 6.10 Å². The fourth-order valence-electron chi connectivity index (χ4n) is 1.67. The summed E-state index contributed by atoms with van der Waals surface area (Å²) >= 11 is 5.44. The second-order valence-corrected chi connectivity index (χ2v) is 4.19. The Balaban J connectivity index is 2.57. The molecule has 0 spiro atoms. The van der Waals surface area contributed by atoms with Gasteiger partial charge in [-0.15, -0.1) is 11.6 Å². The topological polar surface area (TPSA) is 106 Å². The molecular weight excluding hydrogens is 260 g/mol. The molecule has 0 aliphatic heterocycles. The van der Waals surface area contributed by atoms with Crippen molar-refractivity contribution in [2.24, 2.45) is 0 Å². The van der Waals surface area contributed by atoms with E-state index in [4.69, 9.17) is 11.6 Å². The standard InChI is InChI=1S/C11H11ClN2O4/c12-4-8(15)9(16)5-1-2-7-6(3-5)10(17)14-11(18)13-7/h1-3,8-9,15-16H,4H2,(H2,13,14,17,18). The van der Waals surface area contributed by atoms with Gasteiger partial charge in [0.2, 0.25) is 0 Å². The van der Waals surface area contributed by atoms with Gasteiger partial charge in [0.05, 0.1) is 22.9 Å². The van der Waals surface area contributed by atoms with E-state index in [0.29, 0.717) is 11.1 Å². The molecule has 96 valence electrons. The van der Waals surface area contributed by atoms with Gasteiger partial charge < -0.3 is 15.2 Å². The Hall–Kier alpha value is -1.63. The molecule has 1 heterocycles. The third-order valence-corrected chi connectivity index (χ3v) is 2.94. The third-order valence-electron chi connectivity index (χ3n) is 2.63. The van der Waals surface area contributed by atoms with Gasteiger partial charge in [0, 0.05) is 0 Å². The number of aliphatic hydroxyl groups is 2. The van der Waals surface area contributed by atoms with Gasteiger partial charge in [-0.05, 0) is 17.7 Å². The molecular formula is C11H11ClN2O4. The first-order valence-electron chi connectivity index (χ1n) is 5.21. The number of hydrogen-bond acceptors (Lipinski definition) is 4. The average molecular weight is 271 g/mol. The summed E-state index contributed by atoms with van der Waals surface area (Å²) in [5, 5.41) is 19.4. The number of alkyl halides is 1. The van der Waals surface area contributed by atoms with E-state index in [1.807, 2.05) is 0 Å². The summed E-state index contributed by atoms with van der Waals surface area (Å²) < 4.78 is 0. The summed E-state index contributed by atoms with van der Waals surface area (Å²) in [4.78, 5) is 27.2. The van der Waals surface area contributed by atoms with Crippen LogP contribution in [-0.4, -0.2) is 32.2 Å². The van der Waals surface area contributed by atoms with E-state index in [1.165, 1.54) is 18.2 Å². The number of aromatic nitrogens is 2. The molecule has 18 heavy (non-hydrogen) atoms. The zero-order valence-corrected chi connectivity index (χ0v) is 9.94. The predicted octanol–water partition coefficient (Wildman–Crippen LogP) is -0.151. The summed E-state index contributed by atoms with van der Waals surface area (Å²) in [5.41, 5.74) is -0.432. The van der Waals surface area contributed by atoms with Crippen molar-refractivity contribution in [2.45, 2.75) is 12.2 Å². The second-order valence-electron chi connectivity index (χ2n) is 3.88. The average Bonchev–Trinajstić information content (AvgIpc) is 2.36. The maximum atomic E-state index is 11.6. The number of fused-ring (bicyclic) bond motifs is 1. The van der Waals surface area contributed by atoms with Crippen LogP contribution < -0.4 is 11.2 Å². The molecule has 2 aromatic rings. The summed E-state index contributed by atoms with van der Waals surface area (Å²) in [6.45, 7) is 0. The molecule has 4 N–H and O–H groups in total. The van der Waals surface area contributed by atoms with Gasteiger partial charge in [-0.2, -0.15) is 0 Å². The van der Waals surface area contributed by atoms with Crippen molar-refractivity contribution in [3.63, 3.8) is 0 Å². The molecule has 0 fully saturated rings. The fourth-order valence-corrected chi connectivity index (χ4v) is 1.84. The normalized spacial score (nSPS) is 14.6. The molecule has 7 heteroatoms. The quantitative estimate of drug-likeness (QED) is 0.582. The summed E-state index contributed by atoms with van der Waals surface area (Å²) in [6, 6.07) is 4.41. The van der Waals surface area contributed by atoms with Crippen LogP contribution in [0.5, 0.6) is 0 Å². The van der Waals surface area contributed by atoms with Gasteiger partial charge >= 0.3 is 5.69 Å². The summed E-state index contributed by atoms with van der Waals surface area (Å²) in [6.07, 6.45) is -2.30. The lowest BCUT2D eigenvalue weighted by atomic mass is 10.0. The van der Waals surface area contributed by atoms with Gasteiger partial charge in [0.15, 0.2) is 0 Å². The van der Waals surface area contributed by atoms with Crippen molar-refractivity contribution < 1.29 is 10.2 Å². The first kappa shape index (κ1) is 12.8. The Labute approximate surface area is 106 Å². The monoisotopic (exact) mass is 270 g/mol. The van der Waals surface area contributed by atoms with Gasteiger partial charge in [-0.25, -0.2) is 4.79 Å². The van der Waals surface area contributed by atoms with Crippen LogP contribution in [0.15, 0.2) is 27.8 Å². The lowest BCUT2D eigenvalue weighted by molar-refractivity contribution is 0.0328. The molecule has 0 saturated heterocycles. The highest BCUT2D eigenvalue weighted by atomic mass is 35.5. The van der Waals surface area contributed by atoms with E-state index in [-0.39, 0.29) is 11.3 Å². The number of hydrogen-bond donors (Lipinski definition) is 4. The molecule has 1 aromatic heterocycles. The molecule has 0 aliphatic carbocycles. The maximum absolute atomic E-state index is 11.6. The number of halogens is 1. The van der Waals surface area contributed by atoms with Crippen LogP contribution in [0.1, 0.15) is 11.7 Å². The third kappa shape index (κ3) is 2.31. The van der Waals surface area contributed by atoms with Crippen LogP contribution in [0.4, 0.5) is 0 Å². The van der Waals surface area contributed by atoms with E-state index in [2.05, 4.69) is 9.97 Å². The van der Waals surface area contributed by atoms with Crippen LogP contribution in [0.3, 0.4) is 0 Å². The van der Waals surface area contributed by atoms with Gasteiger partial charge in [0.25, 0.3) is 5.56 Å². The predicted molar refractivity (Wildman–Crippen MR) is 66.9 cm³/mol. The van der Waals surface area contributed by atoms with E-state index < -0.39 is 23.5 Å². The van der Waals surface area contributed by atoms with E-state index in [0.717, 1.165) is 0 Å². The van der Waals surface area contributed by atoms with Crippen molar-refractivity contribution in [3.05, 3.63) is 44.6 Å². The van der Waals surface area contributed by atoms with Crippen LogP contribution in [-0.2, 0) is 0 Å². The molecule has 0 radical (unpaired) electrons. The van der Waals surface area contributed by atoms with Gasteiger partial charge in [-0.1, -0.05) is 6.07 Å². The van der Waals surface area contributed by atoms with Crippen molar-refractivity contribution in [1.82, 2.24) is 9.97 Å². The minimum atomic E-state index is -1.18. The molecule has 2 atom stereocenters. The highest BCUT2D eigenvalue weighted by Crippen LogP contribution is 2.20. The fraction of sp³-hybridized carbons (Fsp3) is 0.273. The number of rotatable bonds is 3. The zero-order valence-electron chi connectivity index (χ0n) is 9.18. The Kier molecular flexibility index (Phi) is 3.51. The Morgan fingerprint density at radius 1 is 1.22 bits per heavy atom. The Bertz CT molecular complexity index is 679. The first-order chi connectivity index (χ1) is 8.52. The minimum absolute atomic E-state index is 0.124. The highest BCUT2D eigenvalue weighted by molar-refractivity contribution is 6.18. The summed E-state index contributed by atoms with van der Waals surface area (Å²) in [7, 11) is 0. The molecule has 0 amide bonds. The van der Waals surface area contributed by atoms with E-state index in [9.17, 15) is 19.8 Å². The number of benzene rings is 1. The lowest BCUT2D eigenvalue weighted by Crippen LogP contribution is -2.23. The number of aromatic amines is 2. The van der Waals surface area contributed by atoms with Crippen molar-refractivity contribution in [3.8, 4) is 0 Å². The molecule has 1 aromatic carbocycles. The minimum Gasteiger partial charge on any atom is -0.389 e. The zero-order chi connectivity index (χ0) is 13.3. The van der Waals surface area contributed by atoms with Crippen LogP contribution in [0, 0.1) is 0 Å². The number of aliphatic hydroxyl groups excluding tert-OH is 2. The highest BCUT2D eigenvalue weighted by Gasteiger charge is 2.18. The van der Waals surface area contributed by atoms with Crippen molar-refractivity contribution in [1.29, 1.82) is 0 Å². The maximum Gasteiger partial charge on any atom is 0.326 e. The molecule has 2 rings (SSSR count). The Morgan fingerprint density at radius 2 is 1.94 bits per heavy atom. The lowest BCUT2D eigenvalue weighted by Gasteiger charge is -2.15. The summed E-state index contributed by atoms with van der Waals surface area (Å²) in [5.74, 6) is -0.124. The first-order valence-corrected chi connectivity index (χ1v) is 5.74. The SMILES string of the molecule is O=c1[nH]c(=O)c2cc(C(O)C(O)CCl)ccc2[nH]1. The second kappa shape index (κ2) is 4.93. The number of nitrogens with one attached hydrogen (secondary N) is 2. The van der Waals surface area contributed by atoms with Crippen molar-refractivity contribution >= 4 is 22.5 Å².